The fourth-order valence-corrected chi connectivity index (χ4v) is 9.68. The Morgan fingerprint density at radius 2 is 1.84 bits per heavy atom. The number of likely N-dealkylation sites (N-methyl/N-ethyl adjacent to an activating group) is 1. The van der Waals surface area contributed by atoms with E-state index in [0.29, 0.717) is 40.5 Å². The Kier molecular flexibility index (Phi) is 9.34. The van der Waals surface area contributed by atoms with Crippen LogP contribution in [0.5, 0.6) is 17.2 Å². The molecule has 1 aliphatic carbocycles. The number of hydrogen-bond acceptors (Lipinski definition) is 8. The summed E-state index contributed by atoms with van der Waals surface area (Å²) in [5, 5.41) is 0.964. The molecule has 1 N–H and O–H groups in total. The zero-order chi connectivity index (χ0) is 37.7. The standard InChI is InChI=1S/C45H50N6O4/c1-30(2)37-8-4-5-9-38(37)39-27-49(26-32-7-6-10-40-43(32)48(3)42(53)29-54-40)19-20-51(39)35-23-45(24-35)14-17-50(18-15-45)34-12-11-33(28-52)41(22-34)55-36-21-31-13-16-46-44(31)47-25-36/h4-13,16,21-22,25,28,30,35,39H,14-15,17-20,23-24,26-27,29H2,1-3H3,(H,46,47). The predicted molar refractivity (Wildman–Crippen MR) is 216 cm³/mol. The molecule has 10 nitrogen and oxygen atoms in total. The van der Waals surface area contributed by atoms with E-state index >= 15 is 0 Å². The highest BCUT2D eigenvalue weighted by molar-refractivity contribution is 5.98. The van der Waals surface area contributed by atoms with Crippen LogP contribution in [0.2, 0.25) is 0 Å². The Balaban J connectivity index is 0.888. The molecule has 1 spiro atoms. The number of carbonyl (C=O) groups excluding carboxylic acids is 2. The number of fused-ring (bicyclic) bond motifs is 2. The Hall–Kier alpha value is -5.19. The molecule has 1 saturated carbocycles. The van der Waals surface area contributed by atoms with E-state index in [-0.39, 0.29) is 12.5 Å². The average molecular weight is 739 g/mol. The van der Waals surface area contributed by atoms with Gasteiger partial charge in [0.15, 0.2) is 12.9 Å². The molecular weight excluding hydrogens is 689 g/mol. The fourth-order valence-electron chi connectivity index (χ4n) is 9.68. The summed E-state index contributed by atoms with van der Waals surface area (Å²) in [4.78, 5) is 41.8. The van der Waals surface area contributed by atoms with Crippen LogP contribution in [-0.4, -0.2) is 84.4 Å². The highest BCUT2D eigenvalue weighted by Gasteiger charge is 2.50. The second-order valence-electron chi connectivity index (χ2n) is 16.4. The van der Waals surface area contributed by atoms with Gasteiger partial charge in [-0.3, -0.25) is 19.4 Å². The lowest BCUT2D eigenvalue weighted by Crippen LogP contribution is -2.60. The second kappa shape index (κ2) is 14.5. The van der Waals surface area contributed by atoms with Gasteiger partial charge in [-0.15, -0.1) is 0 Å². The first-order valence-electron chi connectivity index (χ1n) is 19.8. The normalized spacial score (nSPS) is 20.4. The number of carbonyl (C=O) groups is 2. The predicted octanol–water partition coefficient (Wildman–Crippen LogP) is 7.95. The van der Waals surface area contributed by atoms with Crippen LogP contribution in [0.25, 0.3) is 11.0 Å². The molecule has 4 aliphatic rings. The fraction of sp³-hybridized carbons (Fsp3) is 0.400. The Bertz CT molecular complexity index is 2220. The van der Waals surface area contributed by atoms with E-state index in [1.165, 1.54) is 24.0 Å². The van der Waals surface area contributed by atoms with Crippen molar-refractivity contribution in [3.05, 3.63) is 107 Å². The van der Waals surface area contributed by atoms with Crippen LogP contribution in [-0.2, 0) is 11.3 Å². The highest BCUT2D eigenvalue weighted by atomic mass is 16.5. The molecule has 1 amide bonds. The summed E-state index contributed by atoms with van der Waals surface area (Å²) in [6.45, 7) is 10.4. The first kappa shape index (κ1) is 35.5. The van der Waals surface area contributed by atoms with E-state index in [1.54, 1.807) is 11.1 Å². The number of piperidine rings is 1. The summed E-state index contributed by atoms with van der Waals surface area (Å²) in [5.41, 5.74) is 7.71. The van der Waals surface area contributed by atoms with Crippen molar-refractivity contribution in [2.45, 2.75) is 64.1 Å². The monoisotopic (exact) mass is 738 g/mol. The maximum atomic E-state index is 12.6. The number of aldehydes is 1. The van der Waals surface area contributed by atoms with Crippen LogP contribution in [0.4, 0.5) is 11.4 Å². The van der Waals surface area contributed by atoms with E-state index in [0.717, 1.165) is 92.1 Å². The smallest absolute Gasteiger partial charge is 0.264 e. The van der Waals surface area contributed by atoms with Gasteiger partial charge in [-0.05, 0) is 84.0 Å². The van der Waals surface area contributed by atoms with Crippen molar-refractivity contribution in [2.75, 3.05) is 56.2 Å². The number of hydrogen-bond donors (Lipinski definition) is 1. The molecule has 1 atom stereocenters. The summed E-state index contributed by atoms with van der Waals surface area (Å²) < 4.78 is 12.1. The molecule has 3 aliphatic heterocycles. The molecule has 2 saturated heterocycles. The van der Waals surface area contributed by atoms with Gasteiger partial charge in [0.2, 0.25) is 0 Å². The molecule has 3 fully saturated rings. The third-order valence-electron chi connectivity index (χ3n) is 12.7. The molecule has 1 unspecified atom stereocenters. The summed E-state index contributed by atoms with van der Waals surface area (Å²) in [7, 11) is 1.86. The van der Waals surface area contributed by atoms with E-state index < -0.39 is 0 Å². The number of H-pyrrole nitrogens is 1. The molecule has 2 aromatic heterocycles. The molecular formula is C45H50N6O4. The lowest BCUT2D eigenvalue weighted by molar-refractivity contribution is -0.121. The number of ether oxygens (including phenoxy) is 2. The quantitative estimate of drug-likeness (QED) is 0.152. The third kappa shape index (κ3) is 6.76. The summed E-state index contributed by atoms with van der Waals surface area (Å²) >= 11 is 0. The number of aromatic amines is 1. The summed E-state index contributed by atoms with van der Waals surface area (Å²) in [5.74, 6) is 2.39. The highest BCUT2D eigenvalue weighted by Crippen LogP contribution is 2.53. The largest absolute Gasteiger partial charge is 0.482 e. The van der Waals surface area contributed by atoms with Gasteiger partial charge in [0, 0.05) is 81.7 Å². The molecule has 55 heavy (non-hydrogen) atoms. The molecule has 284 valence electrons. The minimum Gasteiger partial charge on any atom is -0.482 e. The SMILES string of the molecule is CC(C)c1ccccc1C1CN(Cc2cccc3c2N(C)C(=O)CO3)CCN1C1CC2(CCN(c3ccc(C=O)c(Oc4cnc5[nH]ccc5c4)c3)CC2)C1. The van der Waals surface area contributed by atoms with Crippen LogP contribution in [0.3, 0.4) is 0 Å². The third-order valence-corrected chi connectivity index (χ3v) is 12.7. The molecule has 0 bridgehead atoms. The molecule has 0 radical (unpaired) electrons. The van der Waals surface area contributed by atoms with E-state index in [1.807, 2.05) is 43.6 Å². The van der Waals surface area contributed by atoms with Crippen LogP contribution in [0, 0.1) is 5.41 Å². The van der Waals surface area contributed by atoms with Gasteiger partial charge in [0.05, 0.1) is 17.4 Å². The van der Waals surface area contributed by atoms with Crippen molar-refractivity contribution in [3.8, 4) is 17.2 Å². The Morgan fingerprint density at radius 3 is 2.65 bits per heavy atom. The Labute approximate surface area is 323 Å². The number of rotatable bonds is 9. The first-order valence-corrected chi connectivity index (χ1v) is 19.8. The number of benzene rings is 3. The molecule has 10 heteroatoms. The van der Waals surface area contributed by atoms with E-state index in [2.05, 4.69) is 81.0 Å². The van der Waals surface area contributed by atoms with Crippen molar-refractivity contribution in [1.82, 2.24) is 19.8 Å². The molecule has 5 aromatic rings. The number of nitrogens with one attached hydrogen (secondary N) is 1. The van der Waals surface area contributed by atoms with Crippen LogP contribution in [0.1, 0.15) is 78.5 Å². The molecule has 3 aromatic carbocycles. The maximum absolute atomic E-state index is 12.6. The number of para-hydroxylation sites is 1. The van der Waals surface area contributed by atoms with Gasteiger partial charge in [-0.25, -0.2) is 4.98 Å². The minimum absolute atomic E-state index is 0.00722. The lowest BCUT2D eigenvalue weighted by Gasteiger charge is -2.58. The maximum Gasteiger partial charge on any atom is 0.264 e. The van der Waals surface area contributed by atoms with Gasteiger partial charge >= 0.3 is 0 Å². The summed E-state index contributed by atoms with van der Waals surface area (Å²) in [6, 6.07) is 25.9. The van der Waals surface area contributed by atoms with Crippen molar-refractivity contribution in [3.63, 3.8) is 0 Å². The van der Waals surface area contributed by atoms with Crippen molar-refractivity contribution >= 4 is 34.6 Å². The molecule has 9 rings (SSSR count). The summed E-state index contributed by atoms with van der Waals surface area (Å²) in [6.07, 6.45) is 9.17. The zero-order valence-electron chi connectivity index (χ0n) is 32.0. The minimum atomic E-state index is -0.00722. The number of aromatic nitrogens is 2. The lowest BCUT2D eigenvalue weighted by atomic mass is 9.59. The Morgan fingerprint density at radius 1 is 1.00 bits per heavy atom. The van der Waals surface area contributed by atoms with Gasteiger partial charge < -0.3 is 24.3 Å². The van der Waals surface area contributed by atoms with Gasteiger partial charge in [0.1, 0.15) is 22.9 Å². The second-order valence-corrected chi connectivity index (χ2v) is 16.4. The van der Waals surface area contributed by atoms with Crippen LogP contribution >= 0.6 is 0 Å². The van der Waals surface area contributed by atoms with Gasteiger partial charge in [-0.1, -0.05) is 50.2 Å². The van der Waals surface area contributed by atoms with Crippen molar-refractivity contribution in [1.29, 1.82) is 0 Å². The van der Waals surface area contributed by atoms with Crippen molar-refractivity contribution in [2.24, 2.45) is 5.41 Å². The van der Waals surface area contributed by atoms with E-state index in [4.69, 9.17) is 9.47 Å². The topological polar surface area (TPSA) is 94.2 Å². The van der Waals surface area contributed by atoms with E-state index in [9.17, 15) is 9.59 Å². The number of piperazine rings is 1. The van der Waals surface area contributed by atoms with Gasteiger partial charge in [0.25, 0.3) is 5.91 Å². The van der Waals surface area contributed by atoms with Crippen LogP contribution in [0.15, 0.2) is 85.2 Å². The number of pyridine rings is 1. The number of nitrogens with zero attached hydrogens (tertiary/aromatic N) is 5. The first-order chi connectivity index (χ1) is 26.8. The zero-order valence-corrected chi connectivity index (χ0v) is 32.0. The average Bonchev–Trinajstić information content (AvgIpc) is 3.67. The van der Waals surface area contributed by atoms with Crippen LogP contribution < -0.4 is 19.3 Å². The van der Waals surface area contributed by atoms with Crippen molar-refractivity contribution < 1.29 is 19.1 Å². The molecule has 5 heterocycles. The number of anilines is 2. The number of amides is 1. The van der Waals surface area contributed by atoms with Gasteiger partial charge in [-0.2, -0.15) is 0 Å².